The number of esters is 1. The van der Waals surface area contributed by atoms with Gasteiger partial charge < -0.3 is 10.1 Å². The first-order chi connectivity index (χ1) is 12.6. The summed E-state index contributed by atoms with van der Waals surface area (Å²) in [7, 11) is 0. The highest BCUT2D eigenvalue weighted by atomic mass is 32.2. The highest BCUT2D eigenvalue weighted by Crippen LogP contribution is 2.10. The highest BCUT2D eigenvalue weighted by Gasteiger charge is 2.13. The van der Waals surface area contributed by atoms with Gasteiger partial charge in [0.25, 0.3) is 0 Å². The highest BCUT2D eigenvalue weighted by molar-refractivity contribution is 7.98. The summed E-state index contributed by atoms with van der Waals surface area (Å²) in [4.78, 5) is 23.2. The fraction of sp³-hybridized carbons (Fsp3) is 0.905. The summed E-state index contributed by atoms with van der Waals surface area (Å²) in [6.45, 7) is 4.88. The van der Waals surface area contributed by atoms with E-state index in [1.807, 2.05) is 6.26 Å². The molecule has 0 radical (unpaired) electrons. The maximum atomic E-state index is 11.7. The number of ketones is 1. The molecule has 0 aliphatic heterocycles. The molecule has 0 aliphatic rings. The zero-order valence-electron chi connectivity index (χ0n) is 17.3. The third kappa shape index (κ3) is 16.9. The first kappa shape index (κ1) is 25.4. The van der Waals surface area contributed by atoms with Crippen molar-refractivity contribution in [3.63, 3.8) is 0 Å². The number of thioether (sulfide) groups is 1. The number of hydrogen-bond acceptors (Lipinski definition) is 5. The summed E-state index contributed by atoms with van der Waals surface area (Å²) >= 11 is 1.73. The maximum absolute atomic E-state index is 11.7. The topological polar surface area (TPSA) is 55.4 Å². The van der Waals surface area contributed by atoms with Gasteiger partial charge in [0, 0.05) is 6.54 Å². The molecule has 0 rings (SSSR count). The molecule has 1 unspecified atom stereocenters. The van der Waals surface area contributed by atoms with Gasteiger partial charge in [0.05, 0.1) is 19.1 Å². The van der Waals surface area contributed by atoms with E-state index in [1.54, 1.807) is 18.7 Å². The number of carbonyl (C=O) groups is 2. The fourth-order valence-corrected chi connectivity index (χ4v) is 3.35. The molecule has 0 aromatic carbocycles. The van der Waals surface area contributed by atoms with E-state index in [4.69, 9.17) is 4.74 Å². The summed E-state index contributed by atoms with van der Waals surface area (Å²) in [6.07, 6.45) is 15.9. The number of rotatable bonds is 19. The average molecular weight is 388 g/mol. The Labute approximate surface area is 165 Å². The van der Waals surface area contributed by atoms with E-state index >= 15 is 0 Å². The second-order valence-corrected chi connectivity index (χ2v) is 8.04. The molecule has 0 amide bonds. The van der Waals surface area contributed by atoms with Gasteiger partial charge in [-0.25, -0.2) is 0 Å². The molecule has 5 heteroatoms. The monoisotopic (exact) mass is 387 g/mol. The number of hydrogen-bond donors (Lipinski definition) is 1. The van der Waals surface area contributed by atoms with Gasteiger partial charge >= 0.3 is 5.97 Å². The predicted octanol–water partition coefficient (Wildman–Crippen LogP) is 5.14. The number of carbonyl (C=O) groups excluding carboxylic acids is 2. The van der Waals surface area contributed by atoms with E-state index in [0.29, 0.717) is 19.6 Å². The van der Waals surface area contributed by atoms with Gasteiger partial charge in [-0.1, -0.05) is 64.7 Å². The van der Waals surface area contributed by atoms with Crippen molar-refractivity contribution in [2.75, 3.05) is 25.2 Å². The molecular weight excluding hydrogens is 346 g/mol. The molecule has 26 heavy (non-hydrogen) atoms. The van der Waals surface area contributed by atoms with Gasteiger partial charge in [-0.2, -0.15) is 11.8 Å². The molecule has 154 valence electrons. The Balaban J connectivity index is 3.44. The van der Waals surface area contributed by atoms with Crippen LogP contribution in [0.25, 0.3) is 0 Å². The summed E-state index contributed by atoms with van der Waals surface area (Å²) in [5.74, 6) is 0.916. The van der Waals surface area contributed by atoms with Crippen LogP contribution >= 0.6 is 11.8 Å². The van der Waals surface area contributed by atoms with E-state index < -0.39 is 0 Å². The van der Waals surface area contributed by atoms with Crippen LogP contribution in [0.5, 0.6) is 0 Å². The Morgan fingerprint density at radius 2 is 1.54 bits per heavy atom. The first-order valence-electron chi connectivity index (χ1n) is 10.5. The van der Waals surface area contributed by atoms with Crippen molar-refractivity contribution in [3.8, 4) is 0 Å². The van der Waals surface area contributed by atoms with Crippen molar-refractivity contribution >= 4 is 23.5 Å². The fourth-order valence-electron chi connectivity index (χ4n) is 2.88. The van der Waals surface area contributed by atoms with Gasteiger partial charge in [-0.05, 0) is 31.8 Å². The number of Topliss-reactive ketones (excluding diaryl/α,β-unsaturated/α-hetero) is 1. The lowest BCUT2D eigenvalue weighted by Crippen LogP contribution is -2.37. The lowest BCUT2D eigenvalue weighted by molar-refractivity contribution is -0.143. The van der Waals surface area contributed by atoms with Gasteiger partial charge in [0.1, 0.15) is 5.78 Å². The van der Waals surface area contributed by atoms with Crippen LogP contribution in [-0.4, -0.2) is 43.0 Å². The van der Waals surface area contributed by atoms with Crippen LogP contribution in [0.1, 0.15) is 90.9 Å². The van der Waals surface area contributed by atoms with E-state index in [0.717, 1.165) is 25.0 Å². The first-order valence-corrected chi connectivity index (χ1v) is 11.9. The maximum Gasteiger partial charge on any atom is 0.307 e. The van der Waals surface area contributed by atoms with Gasteiger partial charge in [-0.15, -0.1) is 0 Å². The van der Waals surface area contributed by atoms with E-state index in [1.165, 1.54) is 51.4 Å². The minimum absolute atomic E-state index is 0.137. The Kier molecular flexibility index (Phi) is 18.8. The molecule has 0 spiro atoms. The van der Waals surface area contributed by atoms with Crippen LogP contribution in [0, 0.1) is 0 Å². The SMILES string of the molecule is CCCCCCCCCCCCOC(=O)CCNC(CCSC)C(C)=O. The van der Waals surface area contributed by atoms with E-state index in [-0.39, 0.29) is 17.8 Å². The molecule has 0 aromatic rings. The minimum Gasteiger partial charge on any atom is -0.466 e. The van der Waals surface area contributed by atoms with Crippen LogP contribution in [0.15, 0.2) is 0 Å². The summed E-state index contributed by atoms with van der Waals surface area (Å²) in [5.41, 5.74) is 0. The Morgan fingerprint density at radius 1 is 0.962 bits per heavy atom. The van der Waals surface area contributed by atoms with Crippen LogP contribution in [0.4, 0.5) is 0 Å². The van der Waals surface area contributed by atoms with Crippen molar-refractivity contribution < 1.29 is 14.3 Å². The van der Waals surface area contributed by atoms with Crippen LogP contribution in [0.3, 0.4) is 0 Å². The third-order valence-electron chi connectivity index (χ3n) is 4.58. The Hall–Kier alpha value is -0.550. The lowest BCUT2D eigenvalue weighted by atomic mass is 10.1. The molecule has 0 saturated carbocycles. The van der Waals surface area contributed by atoms with Crippen molar-refractivity contribution in [1.82, 2.24) is 5.32 Å². The number of nitrogens with one attached hydrogen (secondary N) is 1. The second-order valence-electron chi connectivity index (χ2n) is 7.05. The quantitative estimate of drug-likeness (QED) is 0.246. The van der Waals surface area contributed by atoms with Gasteiger partial charge in [0.15, 0.2) is 0 Å². The van der Waals surface area contributed by atoms with Gasteiger partial charge in [-0.3, -0.25) is 9.59 Å². The average Bonchev–Trinajstić information content (AvgIpc) is 2.62. The molecule has 1 N–H and O–H groups in total. The zero-order chi connectivity index (χ0) is 19.5. The standard InChI is InChI=1S/C21H41NO3S/c1-4-5-6-7-8-9-10-11-12-13-17-25-21(24)14-16-22-20(19(2)23)15-18-26-3/h20,22H,4-18H2,1-3H3. The molecule has 0 aliphatic carbocycles. The Bertz CT molecular complexity index is 350. The zero-order valence-corrected chi connectivity index (χ0v) is 18.1. The summed E-state index contributed by atoms with van der Waals surface area (Å²) in [6, 6.07) is -0.141. The minimum atomic E-state index is -0.166. The molecule has 0 bridgehead atoms. The normalized spacial score (nSPS) is 12.1. The smallest absolute Gasteiger partial charge is 0.307 e. The molecule has 4 nitrogen and oxygen atoms in total. The summed E-state index contributed by atoms with van der Waals surface area (Å²) < 4.78 is 5.27. The molecular formula is C21H41NO3S. The molecule has 0 aromatic heterocycles. The number of unbranched alkanes of at least 4 members (excludes halogenated alkanes) is 9. The van der Waals surface area contributed by atoms with Crippen molar-refractivity contribution in [2.24, 2.45) is 0 Å². The van der Waals surface area contributed by atoms with Crippen molar-refractivity contribution in [1.29, 1.82) is 0 Å². The number of ether oxygens (including phenoxy) is 1. The predicted molar refractivity (Wildman–Crippen MR) is 113 cm³/mol. The van der Waals surface area contributed by atoms with Gasteiger partial charge in [0.2, 0.25) is 0 Å². The van der Waals surface area contributed by atoms with Crippen molar-refractivity contribution in [2.45, 2.75) is 96.9 Å². The van der Waals surface area contributed by atoms with Crippen LogP contribution in [-0.2, 0) is 14.3 Å². The molecule has 0 saturated heterocycles. The van der Waals surface area contributed by atoms with Crippen LogP contribution in [0.2, 0.25) is 0 Å². The lowest BCUT2D eigenvalue weighted by Gasteiger charge is -2.14. The largest absolute Gasteiger partial charge is 0.466 e. The molecule has 0 fully saturated rings. The molecule has 0 heterocycles. The van der Waals surface area contributed by atoms with E-state index in [9.17, 15) is 9.59 Å². The third-order valence-corrected chi connectivity index (χ3v) is 5.23. The van der Waals surface area contributed by atoms with Crippen molar-refractivity contribution in [3.05, 3.63) is 0 Å². The second kappa shape index (κ2) is 19.2. The Morgan fingerprint density at radius 3 is 2.08 bits per heavy atom. The summed E-state index contributed by atoms with van der Waals surface area (Å²) in [5, 5.41) is 3.16. The van der Waals surface area contributed by atoms with Crippen LogP contribution < -0.4 is 5.32 Å². The molecule has 1 atom stereocenters. The van der Waals surface area contributed by atoms with E-state index in [2.05, 4.69) is 12.2 Å².